The summed E-state index contributed by atoms with van der Waals surface area (Å²) in [6.07, 6.45) is 5.43. The number of hydrogen-bond donors (Lipinski definition) is 1. The number of hydrogen-bond acceptors (Lipinski definition) is 5. The lowest BCUT2D eigenvalue weighted by Crippen LogP contribution is -2.44. The summed E-state index contributed by atoms with van der Waals surface area (Å²) in [5, 5.41) is 2.85. The SMILES string of the molecule is Cc1cn2c(CN(C)C(=O)CCN3C(=O)NC4(CCCC4)C3=O)c(C)nc2s1. The van der Waals surface area contributed by atoms with Crippen LogP contribution in [0.2, 0.25) is 0 Å². The van der Waals surface area contributed by atoms with Crippen molar-refractivity contribution in [2.75, 3.05) is 13.6 Å². The number of thiazole rings is 1. The number of aryl methyl sites for hydroxylation is 2. The quantitative estimate of drug-likeness (QED) is 0.776. The van der Waals surface area contributed by atoms with Crippen molar-refractivity contribution < 1.29 is 14.4 Å². The van der Waals surface area contributed by atoms with Gasteiger partial charge in [0.1, 0.15) is 5.54 Å². The van der Waals surface area contributed by atoms with Crippen molar-refractivity contribution in [2.24, 2.45) is 0 Å². The maximum atomic E-state index is 12.7. The summed E-state index contributed by atoms with van der Waals surface area (Å²) in [7, 11) is 1.74. The number of aromatic nitrogens is 2. The Morgan fingerprint density at radius 3 is 2.75 bits per heavy atom. The Morgan fingerprint density at radius 2 is 2.04 bits per heavy atom. The largest absolute Gasteiger partial charge is 0.340 e. The molecule has 1 saturated carbocycles. The van der Waals surface area contributed by atoms with Gasteiger partial charge in [-0.15, -0.1) is 11.3 Å². The van der Waals surface area contributed by atoms with Crippen LogP contribution in [0.1, 0.15) is 48.4 Å². The fourth-order valence-electron chi connectivity index (χ4n) is 4.21. The van der Waals surface area contributed by atoms with Crippen LogP contribution in [-0.2, 0) is 16.1 Å². The summed E-state index contributed by atoms with van der Waals surface area (Å²) in [5.74, 6) is -0.276. The fourth-order valence-corrected chi connectivity index (χ4v) is 5.10. The summed E-state index contributed by atoms with van der Waals surface area (Å²) in [6.45, 7) is 4.53. The summed E-state index contributed by atoms with van der Waals surface area (Å²) >= 11 is 1.62. The molecule has 3 heterocycles. The normalized spacial score (nSPS) is 18.5. The molecule has 1 N–H and O–H groups in total. The van der Waals surface area contributed by atoms with E-state index in [1.165, 1.54) is 4.90 Å². The molecule has 0 radical (unpaired) electrons. The zero-order valence-electron chi connectivity index (χ0n) is 16.4. The van der Waals surface area contributed by atoms with E-state index in [9.17, 15) is 14.4 Å². The summed E-state index contributed by atoms with van der Waals surface area (Å²) < 4.78 is 2.03. The molecule has 8 nitrogen and oxygen atoms in total. The number of carbonyl (C=O) groups is 3. The molecule has 9 heteroatoms. The molecule has 2 fully saturated rings. The van der Waals surface area contributed by atoms with Crippen LogP contribution in [0.25, 0.3) is 4.96 Å². The molecular formula is C19H25N5O3S. The van der Waals surface area contributed by atoms with Gasteiger partial charge in [0.25, 0.3) is 5.91 Å². The molecular weight excluding hydrogens is 378 g/mol. The monoisotopic (exact) mass is 403 g/mol. The van der Waals surface area contributed by atoms with Gasteiger partial charge >= 0.3 is 6.03 Å². The molecule has 2 aliphatic rings. The smallest absolute Gasteiger partial charge is 0.325 e. The van der Waals surface area contributed by atoms with Crippen LogP contribution in [0.3, 0.4) is 0 Å². The average Bonchev–Trinajstić information content (AvgIpc) is 3.36. The molecule has 1 saturated heterocycles. The Bertz CT molecular complexity index is 956. The van der Waals surface area contributed by atoms with Crippen molar-refractivity contribution in [3.05, 3.63) is 22.5 Å². The maximum absolute atomic E-state index is 12.7. The molecule has 28 heavy (non-hydrogen) atoms. The number of rotatable bonds is 5. The Morgan fingerprint density at radius 1 is 1.32 bits per heavy atom. The van der Waals surface area contributed by atoms with E-state index < -0.39 is 5.54 Å². The highest BCUT2D eigenvalue weighted by Gasteiger charge is 2.52. The third-order valence-electron chi connectivity index (χ3n) is 5.81. The standard InChI is InChI=1S/C19H25N5O3S/c1-12-10-24-14(13(2)20-18(24)28-12)11-22(3)15(25)6-9-23-16(26)19(21-17(23)27)7-4-5-8-19/h10H,4-9,11H2,1-3H3,(H,21,27). The topological polar surface area (TPSA) is 87.0 Å². The van der Waals surface area contributed by atoms with Gasteiger partial charge in [-0.25, -0.2) is 9.78 Å². The Kier molecular flexibility index (Phi) is 4.65. The number of nitrogens with one attached hydrogen (secondary N) is 1. The van der Waals surface area contributed by atoms with Gasteiger partial charge in [0, 0.05) is 31.1 Å². The molecule has 1 spiro atoms. The number of fused-ring (bicyclic) bond motifs is 1. The molecule has 2 aromatic rings. The summed E-state index contributed by atoms with van der Waals surface area (Å²) in [5.41, 5.74) is 1.17. The van der Waals surface area contributed by atoms with E-state index in [4.69, 9.17) is 0 Å². The van der Waals surface area contributed by atoms with Crippen molar-refractivity contribution >= 4 is 34.1 Å². The minimum absolute atomic E-state index is 0.103. The highest BCUT2D eigenvalue weighted by Crippen LogP contribution is 2.35. The molecule has 0 unspecified atom stereocenters. The zero-order valence-corrected chi connectivity index (χ0v) is 17.3. The van der Waals surface area contributed by atoms with Crippen LogP contribution in [-0.4, -0.2) is 56.2 Å². The molecule has 150 valence electrons. The van der Waals surface area contributed by atoms with Crippen LogP contribution in [0, 0.1) is 13.8 Å². The van der Waals surface area contributed by atoms with E-state index in [0.717, 1.165) is 34.1 Å². The first kappa shape index (κ1) is 18.9. The van der Waals surface area contributed by atoms with Gasteiger partial charge in [-0.3, -0.25) is 18.9 Å². The second-order valence-corrected chi connectivity index (χ2v) is 9.03. The van der Waals surface area contributed by atoms with Gasteiger partial charge in [0.15, 0.2) is 4.96 Å². The van der Waals surface area contributed by atoms with Crippen LogP contribution >= 0.6 is 11.3 Å². The molecule has 1 aliphatic carbocycles. The van der Waals surface area contributed by atoms with Crippen molar-refractivity contribution in [3.8, 4) is 0 Å². The van der Waals surface area contributed by atoms with E-state index in [1.807, 2.05) is 24.4 Å². The minimum Gasteiger partial charge on any atom is -0.340 e. The molecule has 4 amide bonds. The predicted molar refractivity (Wildman–Crippen MR) is 105 cm³/mol. The lowest BCUT2D eigenvalue weighted by Gasteiger charge is -2.21. The van der Waals surface area contributed by atoms with Crippen molar-refractivity contribution in [3.63, 3.8) is 0 Å². The van der Waals surface area contributed by atoms with Crippen LogP contribution in [0.4, 0.5) is 4.79 Å². The van der Waals surface area contributed by atoms with E-state index in [2.05, 4.69) is 10.3 Å². The Labute approximate surface area is 167 Å². The highest BCUT2D eigenvalue weighted by atomic mass is 32.1. The van der Waals surface area contributed by atoms with Gasteiger partial charge < -0.3 is 10.2 Å². The number of amides is 4. The molecule has 0 atom stereocenters. The van der Waals surface area contributed by atoms with Crippen molar-refractivity contribution in [1.82, 2.24) is 24.5 Å². The second-order valence-electron chi connectivity index (χ2n) is 7.81. The number of imide groups is 1. The van der Waals surface area contributed by atoms with E-state index in [0.29, 0.717) is 19.4 Å². The van der Waals surface area contributed by atoms with Gasteiger partial charge in [0.05, 0.1) is 17.9 Å². The van der Waals surface area contributed by atoms with Gasteiger partial charge in [-0.2, -0.15) is 0 Å². The van der Waals surface area contributed by atoms with Crippen LogP contribution < -0.4 is 5.32 Å². The Balaban J connectivity index is 1.39. The molecule has 0 bridgehead atoms. The summed E-state index contributed by atoms with van der Waals surface area (Å²) in [4.78, 5) is 47.0. The number of carbonyl (C=O) groups excluding carboxylic acids is 3. The minimum atomic E-state index is -0.719. The van der Waals surface area contributed by atoms with Crippen LogP contribution in [0.5, 0.6) is 0 Å². The molecule has 1 aliphatic heterocycles. The predicted octanol–water partition coefficient (Wildman–Crippen LogP) is 2.23. The molecule has 4 rings (SSSR count). The van der Waals surface area contributed by atoms with E-state index >= 15 is 0 Å². The average molecular weight is 404 g/mol. The van der Waals surface area contributed by atoms with Gasteiger partial charge in [-0.1, -0.05) is 12.8 Å². The van der Waals surface area contributed by atoms with Crippen LogP contribution in [0.15, 0.2) is 6.20 Å². The second kappa shape index (κ2) is 6.88. The Hall–Kier alpha value is -2.42. The van der Waals surface area contributed by atoms with Crippen molar-refractivity contribution in [2.45, 2.75) is 58.0 Å². The third kappa shape index (κ3) is 3.07. The lowest BCUT2D eigenvalue weighted by atomic mass is 9.98. The van der Waals surface area contributed by atoms with Crippen molar-refractivity contribution in [1.29, 1.82) is 0 Å². The first-order chi connectivity index (χ1) is 13.3. The summed E-state index contributed by atoms with van der Waals surface area (Å²) in [6, 6.07) is -0.371. The number of imidazole rings is 1. The van der Waals surface area contributed by atoms with Gasteiger partial charge in [-0.05, 0) is 26.7 Å². The zero-order chi connectivity index (χ0) is 20.1. The highest BCUT2D eigenvalue weighted by molar-refractivity contribution is 7.17. The van der Waals surface area contributed by atoms with Gasteiger partial charge in [0.2, 0.25) is 5.91 Å². The first-order valence-corrected chi connectivity index (χ1v) is 10.4. The fraction of sp³-hybridized carbons (Fsp3) is 0.579. The number of nitrogens with zero attached hydrogens (tertiary/aromatic N) is 4. The number of urea groups is 1. The first-order valence-electron chi connectivity index (χ1n) is 9.63. The lowest BCUT2D eigenvalue weighted by molar-refractivity contribution is -0.133. The maximum Gasteiger partial charge on any atom is 0.325 e. The molecule has 2 aromatic heterocycles. The molecule has 0 aromatic carbocycles. The van der Waals surface area contributed by atoms with E-state index in [-0.39, 0.29) is 30.8 Å². The third-order valence-corrected chi connectivity index (χ3v) is 6.70. The van der Waals surface area contributed by atoms with E-state index in [1.54, 1.807) is 23.3 Å².